The summed E-state index contributed by atoms with van der Waals surface area (Å²) >= 11 is 0. The summed E-state index contributed by atoms with van der Waals surface area (Å²) in [5.41, 5.74) is 3.27. The first-order valence-corrected chi connectivity index (χ1v) is 8.28. The highest BCUT2D eigenvalue weighted by Gasteiger charge is 2.20. The molecule has 3 aromatic rings. The molecule has 0 aliphatic rings. The number of carbonyl (C=O) groups is 1. The molecule has 0 aliphatic carbocycles. The maximum absolute atomic E-state index is 13.8. The zero-order valence-electron chi connectivity index (χ0n) is 14.9. The summed E-state index contributed by atoms with van der Waals surface area (Å²) in [4.78, 5) is 12.4. The van der Waals surface area contributed by atoms with E-state index in [0.717, 1.165) is 11.3 Å². The molecule has 1 N–H and O–H groups in total. The van der Waals surface area contributed by atoms with Crippen LogP contribution in [-0.2, 0) is 11.8 Å². The lowest BCUT2D eigenvalue weighted by Crippen LogP contribution is -2.17. The van der Waals surface area contributed by atoms with Gasteiger partial charge in [-0.25, -0.2) is 9.18 Å². The largest absolute Gasteiger partial charge is 0.441 e. The number of rotatable bonds is 4. The van der Waals surface area contributed by atoms with Gasteiger partial charge in [-0.05, 0) is 19.9 Å². The molecule has 26 heavy (non-hydrogen) atoms. The van der Waals surface area contributed by atoms with E-state index in [9.17, 15) is 9.18 Å². The van der Waals surface area contributed by atoms with Crippen molar-refractivity contribution in [1.82, 2.24) is 9.78 Å². The van der Waals surface area contributed by atoms with Crippen LogP contribution >= 0.6 is 0 Å². The van der Waals surface area contributed by atoms with Gasteiger partial charge in [0.05, 0.1) is 17.1 Å². The average molecular weight is 353 g/mol. The molecule has 2 aromatic carbocycles. The Hall–Kier alpha value is -3.15. The first-order chi connectivity index (χ1) is 12.5. The molecule has 6 heteroatoms. The summed E-state index contributed by atoms with van der Waals surface area (Å²) in [6.45, 7) is 3.44. The van der Waals surface area contributed by atoms with Gasteiger partial charge in [0.25, 0.3) is 0 Å². The van der Waals surface area contributed by atoms with Crippen LogP contribution in [0, 0.1) is 12.7 Å². The van der Waals surface area contributed by atoms with Gasteiger partial charge in [-0.1, -0.05) is 48.5 Å². The number of carbonyl (C=O) groups excluding carboxylic acids is 1. The van der Waals surface area contributed by atoms with Crippen LogP contribution in [0.15, 0.2) is 54.6 Å². The predicted molar refractivity (Wildman–Crippen MR) is 98.3 cm³/mol. The van der Waals surface area contributed by atoms with Gasteiger partial charge in [0, 0.05) is 18.2 Å². The maximum Gasteiger partial charge on any atom is 0.412 e. The number of amides is 1. The van der Waals surface area contributed by atoms with Crippen molar-refractivity contribution >= 4 is 11.8 Å². The maximum atomic E-state index is 13.8. The molecule has 1 aromatic heterocycles. The second-order valence-electron chi connectivity index (χ2n) is 5.99. The van der Waals surface area contributed by atoms with Crippen LogP contribution in [0.4, 0.5) is 14.9 Å². The summed E-state index contributed by atoms with van der Waals surface area (Å²) in [7, 11) is 1.81. The van der Waals surface area contributed by atoms with E-state index in [0.29, 0.717) is 16.9 Å². The molecule has 3 rings (SSSR count). The number of aryl methyl sites for hydroxylation is 2. The van der Waals surface area contributed by atoms with Crippen molar-refractivity contribution in [3.05, 3.63) is 71.7 Å². The van der Waals surface area contributed by atoms with Crippen LogP contribution in [0.5, 0.6) is 0 Å². The first kappa shape index (κ1) is 17.7. The van der Waals surface area contributed by atoms with Gasteiger partial charge in [-0.15, -0.1) is 0 Å². The Labute approximate surface area is 151 Å². The molecular weight excluding hydrogens is 333 g/mol. The number of ether oxygens (including phenoxy) is 1. The molecule has 0 saturated heterocycles. The molecule has 0 bridgehead atoms. The molecule has 1 unspecified atom stereocenters. The Morgan fingerprint density at radius 2 is 1.81 bits per heavy atom. The molecular formula is C20H20FN3O2. The minimum atomic E-state index is -0.714. The molecule has 1 heterocycles. The lowest BCUT2D eigenvalue weighted by Gasteiger charge is -2.15. The van der Waals surface area contributed by atoms with E-state index in [2.05, 4.69) is 10.4 Å². The molecule has 0 aliphatic heterocycles. The number of nitrogens with zero attached hydrogens (tertiary/aromatic N) is 2. The summed E-state index contributed by atoms with van der Waals surface area (Å²) in [6.07, 6.45) is -1.37. The third-order valence-corrected chi connectivity index (χ3v) is 4.12. The van der Waals surface area contributed by atoms with Crippen LogP contribution in [0.25, 0.3) is 11.3 Å². The summed E-state index contributed by atoms with van der Waals surface area (Å²) in [6, 6.07) is 15.9. The Morgan fingerprint density at radius 3 is 2.50 bits per heavy atom. The fourth-order valence-electron chi connectivity index (χ4n) is 2.90. The fraction of sp³-hybridized carbons (Fsp3) is 0.200. The number of nitrogens with one attached hydrogen (secondary N) is 1. The van der Waals surface area contributed by atoms with Crippen molar-refractivity contribution in [3.63, 3.8) is 0 Å². The third-order valence-electron chi connectivity index (χ3n) is 4.12. The van der Waals surface area contributed by atoms with Gasteiger partial charge < -0.3 is 4.74 Å². The highest BCUT2D eigenvalue weighted by Crippen LogP contribution is 2.31. The number of anilines is 1. The molecule has 0 spiro atoms. The highest BCUT2D eigenvalue weighted by atomic mass is 19.1. The summed E-state index contributed by atoms with van der Waals surface area (Å²) in [5.74, 6) is -0.407. The summed E-state index contributed by atoms with van der Waals surface area (Å²) < 4.78 is 20.9. The molecule has 1 atom stereocenters. The van der Waals surface area contributed by atoms with Crippen molar-refractivity contribution in [1.29, 1.82) is 0 Å². The van der Waals surface area contributed by atoms with Crippen molar-refractivity contribution in [2.45, 2.75) is 20.0 Å². The van der Waals surface area contributed by atoms with Crippen LogP contribution in [0.1, 0.15) is 24.3 Å². The van der Waals surface area contributed by atoms with E-state index in [1.165, 1.54) is 6.07 Å². The zero-order valence-corrected chi connectivity index (χ0v) is 14.9. The lowest BCUT2D eigenvalue weighted by molar-refractivity contribution is 0.119. The van der Waals surface area contributed by atoms with Crippen molar-refractivity contribution in [2.75, 3.05) is 5.32 Å². The normalized spacial score (nSPS) is 11.8. The molecule has 134 valence electrons. The van der Waals surface area contributed by atoms with Gasteiger partial charge in [-0.2, -0.15) is 5.10 Å². The minimum absolute atomic E-state index is 0.328. The van der Waals surface area contributed by atoms with Gasteiger partial charge in [0.2, 0.25) is 0 Å². The number of aromatic nitrogens is 2. The minimum Gasteiger partial charge on any atom is -0.441 e. The third kappa shape index (κ3) is 3.59. The Kier molecular flexibility index (Phi) is 5.02. The van der Waals surface area contributed by atoms with Gasteiger partial charge >= 0.3 is 6.09 Å². The van der Waals surface area contributed by atoms with Crippen molar-refractivity contribution in [3.8, 4) is 11.3 Å². The Bertz CT molecular complexity index is 922. The van der Waals surface area contributed by atoms with Gasteiger partial charge in [0.1, 0.15) is 11.9 Å². The monoisotopic (exact) mass is 353 g/mol. The topological polar surface area (TPSA) is 56.2 Å². The molecule has 0 radical (unpaired) electrons. The number of benzene rings is 2. The zero-order chi connectivity index (χ0) is 18.7. The van der Waals surface area contributed by atoms with E-state index in [-0.39, 0.29) is 0 Å². The molecule has 1 amide bonds. The van der Waals surface area contributed by atoms with E-state index in [1.54, 1.807) is 29.8 Å². The molecule has 0 saturated carbocycles. The first-order valence-electron chi connectivity index (χ1n) is 8.28. The molecule has 0 fully saturated rings. The highest BCUT2D eigenvalue weighted by molar-refractivity contribution is 5.91. The predicted octanol–water partition coefficient (Wildman–Crippen LogP) is 4.84. The van der Waals surface area contributed by atoms with Gasteiger partial charge in [0.15, 0.2) is 0 Å². The van der Waals surface area contributed by atoms with Crippen LogP contribution in [0.2, 0.25) is 0 Å². The fourth-order valence-corrected chi connectivity index (χ4v) is 2.90. The van der Waals surface area contributed by atoms with E-state index < -0.39 is 18.0 Å². The van der Waals surface area contributed by atoms with Gasteiger partial charge in [-0.3, -0.25) is 10.00 Å². The number of hydrogen-bond donors (Lipinski definition) is 1. The standard InChI is InChI=1S/C20H20FN3O2/c1-13-18(19(24(3)23-13)15-9-5-4-6-10-15)22-20(25)26-14(2)16-11-7-8-12-17(16)21/h4-12,14H,1-3H3,(H,22,25). The van der Waals surface area contributed by atoms with E-state index in [4.69, 9.17) is 4.74 Å². The second-order valence-corrected chi connectivity index (χ2v) is 5.99. The Morgan fingerprint density at radius 1 is 1.15 bits per heavy atom. The van der Waals surface area contributed by atoms with Crippen LogP contribution in [-0.4, -0.2) is 15.9 Å². The quantitative estimate of drug-likeness (QED) is 0.730. The van der Waals surface area contributed by atoms with Crippen LogP contribution in [0.3, 0.4) is 0 Å². The smallest absolute Gasteiger partial charge is 0.412 e. The lowest BCUT2D eigenvalue weighted by atomic mass is 10.1. The van der Waals surface area contributed by atoms with Crippen molar-refractivity contribution < 1.29 is 13.9 Å². The Balaban J connectivity index is 1.81. The van der Waals surface area contributed by atoms with Crippen molar-refractivity contribution in [2.24, 2.45) is 7.05 Å². The van der Waals surface area contributed by atoms with Crippen LogP contribution < -0.4 is 5.32 Å². The second kappa shape index (κ2) is 7.39. The average Bonchev–Trinajstić information content (AvgIpc) is 2.89. The summed E-state index contributed by atoms with van der Waals surface area (Å²) in [5, 5.41) is 7.13. The van der Waals surface area contributed by atoms with E-state index >= 15 is 0 Å². The van der Waals surface area contributed by atoms with E-state index in [1.807, 2.05) is 44.3 Å². The number of halogens is 1. The number of hydrogen-bond acceptors (Lipinski definition) is 3. The molecule has 5 nitrogen and oxygen atoms in total. The SMILES string of the molecule is Cc1nn(C)c(-c2ccccc2)c1NC(=O)OC(C)c1ccccc1F.